The molecule has 0 aromatic heterocycles. The molecular formula is C20H15Cl2NOS. The third kappa shape index (κ3) is 4.79. The van der Waals surface area contributed by atoms with E-state index in [1.165, 1.54) is 11.8 Å². The van der Waals surface area contributed by atoms with Crippen LogP contribution < -0.4 is 5.32 Å². The van der Waals surface area contributed by atoms with Crippen LogP contribution in [0.4, 0.5) is 5.69 Å². The van der Waals surface area contributed by atoms with Gasteiger partial charge in [0.15, 0.2) is 0 Å². The molecule has 0 saturated carbocycles. The number of amides is 1. The Morgan fingerprint density at radius 3 is 2.16 bits per heavy atom. The Hall–Kier alpha value is -1.94. The number of nitrogens with one attached hydrogen (secondary N) is 1. The molecule has 0 aliphatic carbocycles. The average molecular weight is 388 g/mol. The van der Waals surface area contributed by atoms with E-state index in [4.69, 9.17) is 23.2 Å². The monoisotopic (exact) mass is 387 g/mol. The van der Waals surface area contributed by atoms with Gasteiger partial charge in [0.2, 0.25) is 5.91 Å². The number of benzene rings is 3. The summed E-state index contributed by atoms with van der Waals surface area (Å²) in [5.74, 6) is -0.135. The average Bonchev–Trinajstić information content (AvgIpc) is 2.63. The molecule has 3 aromatic carbocycles. The number of carbonyl (C=O) groups is 1. The number of anilines is 1. The lowest BCUT2D eigenvalue weighted by Gasteiger charge is -2.17. The number of rotatable bonds is 5. The Morgan fingerprint density at radius 1 is 0.880 bits per heavy atom. The van der Waals surface area contributed by atoms with Crippen LogP contribution in [0.25, 0.3) is 0 Å². The van der Waals surface area contributed by atoms with Crippen LogP contribution in [-0.2, 0) is 4.79 Å². The van der Waals surface area contributed by atoms with Crippen molar-refractivity contribution in [2.45, 2.75) is 10.1 Å². The fraction of sp³-hybridized carbons (Fsp3) is 0.0500. The maximum Gasteiger partial charge on any atom is 0.242 e. The molecule has 1 N–H and O–H groups in total. The highest BCUT2D eigenvalue weighted by Crippen LogP contribution is 2.37. The highest BCUT2D eigenvalue weighted by Gasteiger charge is 2.22. The molecule has 3 aromatic rings. The standard InChI is InChI=1S/C20H15Cl2NOS/c21-15-11-12-18(17(22)13-15)23-20(24)19(14-7-3-1-4-8-14)25-16-9-5-2-6-10-16/h1-13,19H,(H,23,24)/t19-/m0/s1. The SMILES string of the molecule is O=C(Nc1ccc(Cl)cc1Cl)[C@@H](Sc1ccccc1)c1ccccc1. The largest absolute Gasteiger partial charge is 0.323 e. The van der Waals surface area contributed by atoms with Crippen molar-refractivity contribution in [3.63, 3.8) is 0 Å². The van der Waals surface area contributed by atoms with Gasteiger partial charge in [-0.3, -0.25) is 4.79 Å². The predicted octanol–water partition coefficient (Wildman–Crippen LogP) is 6.47. The Bertz CT molecular complexity index is 856. The number of hydrogen-bond acceptors (Lipinski definition) is 2. The summed E-state index contributed by atoms with van der Waals surface area (Å²) in [4.78, 5) is 14.0. The zero-order valence-electron chi connectivity index (χ0n) is 13.2. The third-order valence-electron chi connectivity index (χ3n) is 3.53. The number of halogens is 2. The van der Waals surface area contributed by atoms with Crippen molar-refractivity contribution in [1.29, 1.82) is 0 Å². The molecule has 0 unspecified atom stereocenters. The summed E-state index contributed by atoms with van der Waals surface area (Å²) in [6, 6.07) is 24.5. The van der Waals surface area contributed by atoms with Crippen LogP contribution >= 0.6 is 35.0 Å². The van der Waals surface area contributed by atoms with Gasteiger partial charge in [-0.05, 0) is 35.9 Å². The molecule has 0 saturated heterocycles. The lowest BCUT2D eigenvalue weighted by molar-refractivity contribution is -0.115. The topological polar surface area (TPSA) is 29.1 Å². The molecule has 25 heavy (non-hydrogen) atoms. The van der Waals surface area contributed by atoms with Gasteiger partial charge in [0, 0.05) is 9.92 Å². The summed E-state index contributed by atoms with van der Waals surface area (Å²) in [6.07, 6.45) is 0. The Kier molecular flexibility index (Phi) is 6.03. The molecule has 5 heteroatoms. The molecular weight excluding hydrogens is 373 g/mol. The third-order valence-corrected chi connectivity index (χ3v) is 5.34. The van der Waals surface area contributed by atoms with E-state index in [-0.39, 0.29) is 5.91 Å². The lowest BCUT2D eigenvalue weighted by atomic mass is 10.1. The van der Waals surface area contributed by atoms with Gasteiger partial charge in [-0.2, -0.15) is 0 Å². The van der Waals surface area contributed by atoms with Crippen molar-refractivity contribution < 1.29 is 4.79 Å². The van der Waals surface area contributed by atoms with E-state index in [0.29, 0.717) is 15.7 Å². The molecule has 1 amide bonds. The van der Waals surface area contributed by atoms with Gasteiger partial charge in [-0.15, -0.1) is 11.8 Å². The minimum Gasteiger partial charge on any atom is -0.323 e. The zero-order valence-corrected chi connectivity index (χ0v) is 15.5. The molecule has 0 aliphatic heterocycles. The molecule has 0 aliphatic rings. The molecule has 1 atom stereocenters. The molecule has 3 rings (SSSR count). The number of thioether (sulfide) groups is 1. The van der Waals surface area contributed by atoms with Gasteiger partial charge >= 0.3 is 0 Å². The maximum absolute atomic E-state index is 12.9. The fourth-order valence-corrected chi connectivity index (χ4v) is 3.83. The lowest BCUT2D eigenvalue weighted by Crippen LogP contribution is -2.19. The van der Waals surface area contributed by atoms with Gasteiger partial charge in [0.05, 0.1) is 10.7 Å². The molecule has 2 nitrogen and oxygen atoms in total. The summed E-state index contributed by atoms with van der Waals surface area (Å²) in [7, 11) is 0. The van der Waals surface area contributed by atoms with E-state index in [0.717, 1.165) is 10.5 Å². The normalized spacial score (nSPS) is 11.8. The maximum atomic E-state index is 12.9. The van der Waals surface area contributed by atoms with Crippen molar-refractivity contribution in [2.24, 2.45) is 0 Å². The van der Waals surface area contributed by atoms with Crippen molar-refractivity contribution in [3.05, 3.63) is 94.5 Å². The summed E-state index contributed by atoms with van der Waals surface area (Å²) >= 11 is 13.6. The summed E-state index contributed by atoms with van der Waals surface area (Å²) in [5, 5.41) is 3.46. The van der Waals surface area contributed by atoms with E-state index in [9.17, 15) is 4.79 Å². The number of hydrogen-bond donors (Lipinski definition) is 1. The van der Waals surface area contributed by atoms with Crippen LogP contribution in [0.15, 0.2) is 83.8 Å². The van der Waals surface area contributed by atoms with Gasteiger partial charge in [-0.25, -0.2) is 0 Å². The van der Waals surface area contributed by atoms with Crippen molar-refractivity contribution >= 4 is 46.6 Å². The first-order chi connectivity index (χ1) is 12.1. The second kappa shape index (κ2) is 8.43. The van der Waals surface area contributed by atoms with E-state index in [1.54, 1.807) is 18.2 Å². The number of carbonyl (C=O) groups excluding carboxylic acids is 1. The predicted molar refractivity (Wildman–Crippen MR) is 107 cm³/mol. The highest BCUT2D eigenvalue weighted by atomic mass is 35.5. The zero-order chi connectivity index (χ0) is 17.6. The van der Waals surface area contributed by atoms with Crippen LogP contribution in [0.3, 0.4) is 0 Å². The molecule has 0 fully saturated rings. The minimum atomic E-state index is -0.393. The van der Waals surface area contributed by atoms with E-state index >= 15 is 0 Å². The summed E-state index contributed by atoms with van der Waals surface area (Å²) < 4.78 is 0. The van der Waals surface area contributed by atoms with Crippen LogP contribution in [0, 0.1) is 0 Å². The quantitative estimate of drug-likeness (QED) is 0.508. The molecule has 0 heterocycles. The van der Waals surface area contributed by atoms with E-state index in [2.05, 4.69) is 5.32 Å². The van der Waals surface area contributed by atoms with Crippen molar-refractivity contribution in [2.75, 3.05) is 5.32 Å². The summed E-state index contributed by atoms with van der Waals surface area (Å²) in [5.41, 5.74) is 1.48. The van der Waals surface area contributed by atoms with Gasteiger partial charge in [0.25, 0.3) is 0 Å². The second-order valence-electron chi connectivity index (χ2n) is 5.34. The first-order valence-corrected chi connectivity index (χ1v) is 9.29. The van der Waals surface area contributed by atoms with Crippen LogP contribution in [0.5, 0.6) is 0 Å². The Labute approximate surface area is 161 Å². The van der Waals surface area contributed by atoms with Gasteiger partial charge in [-0.1, -0.05) is 71.7 Å². The Balaban J connectivity index is 1.87. The minimum absolute atomic E-state index is 0.135. The van der Waals surface area contributed by atoms with Crippen LogP contribution in [-0.4, -0.2) is 5.91 Å². The molecule has 0 bridgehead atoms. The second-order valence-corrected chi connectivity index (χ2v) is 7.36. The highest BCUT2D eigenvalue weighted by molar-refractivity contribution is 8.00. The van der Waals surface area contributed by atoms with Crippen molar-refractivity contribution in [3.8, 4) is 0 Å². The van der Waals surface area contributed by atoms with Crippen LogP contribution in [0.2, 0.25) is 10.0 Å². The Morgan fingerprint density at radius 2 is 1.52 bits per heavy atom. The molecule has 126 valence electrons. The fourth-order valence-electron chi connectivity index (χ4n) is 2.33. The van der Waals surface area contributed by atoms with E-state index < -0.39 is 5.25 Å². The van der Waals surface area contributed by atoms with Gasteiger partial charge in [0.1, 0.15) is 5.25 Å². The first kappa shape index (κ1) is 17.9. The van der Waals surface area contributed by atoms with Crippen molar-refractivity contribution in [1.82, 2.24) is 0 Å². The first-order valence-electron chi connectivity index (χ1n) is 7.66. The van der Waals surface area contributed by atoms with E-state index in [1.807, 2.05) is 60.7 Å². The molecule has 0 radical (unpaired) electrons. The smallest absolute Gasteiger partial charge is 0.242 e. The van der Waals surface area contributed by atoms with Crippen LogP contribution in [0.1, 0.15) is 10.8 Å². The van der Waals surface area contributed by atoms with Gasteiger partial charge < -0.3 is 5.32 Å². The molecule has 0 spiro atoms. The summed E-state index contributed by atoms with van der Waals surface area (Å²) in [6.45, 7) is 0.